The van der Waals surface area contributed by atoms with E-state index in [0.29, 0.717) is 6.54 Å². The number of hydrogen-bond acceptors (Lipinski definition) is 2. The molecule has 1 aromatic heterocycles. The highest BCUT2D eigenvalue weighted by Crippen LogP contribution is 2.06. The summed E-state index contributed by atoms with van der Waals surface area (Å²) in [4.78, 5) is 15.9. The molecule has 1 heterocycles. The molecule has 0 atom stereocenters. The predicted octanol–water partition coefficient (Wildman–Crippen LogP) is 3.26. The third-order valence-electron chi connectivity index (χ3n) is 3.64. The maximum absolute atomic E-state index is 11.9. The molecule has 120 valence electrons. The molecule has 0 unspecified atom stereocenters. The Morgan fingerprint density at radius 3 is 2.50 bits per heavy atom. The normalized spacial score (nSPS) is 10.8. The Bertz CT molecular complexity index is 791. The summed E-state index contributed by atoms with van der Waals surface area (Å²) in [5.74, 6) is -0.0960. The maximum atomic E-state index is 11.9. The minimum atomic E-state index is -0.0960. The number of aromatic nitrogens is 2. The quantitative estimate of drug-likeness (QED) is 0.709. The van der Waals surface area contributed by atoms with Gasteiger partial charge >= 0.3 is 0 Å². The fourth-order valence-corrected chi connectivity index (χ4v) is 2.34. The van der Waals surface area contributed by atoms with Crippen molar-refractivity contribution in [1.82, 2.24) is 14.9 Å². The Morgan fingerprint density at radius 2 is 1.79 bits per heavy atom. The van der Waals surface area contributed by atoms with Gasteiger partial charge in [0, 0.05) is 31.6 Å². The van der Waals surface area contributed by atoms with Crippen LogP contribution in [-0.4, -0.2) is 15.5 Å². The summed E-state index contributed by atoms with van der Waals surface area (Å²) >= 11 is 0. The van der Waals surface area contributed by atoms with Crippen LogP contribution in [0.2, 0.25) is 0 Å². The summed E-state index contributed by atoms with van der Waals surface area (Å²) in [7, 11) is 0. The van der Waals surface area contributed by atoms with Crippen molar-refractivity contribution in [3.8, 4) is 0 Å². The van der Waals surface area contributed by atoms with Gasteiger partial charge in [-0.1, -0.05) is 54.6 Å². The van der Waals surface area contributed by atoms with Crippen molar-refractivity contribution >= 4 is 12.0 Å². The van der Waals surface area contributed by atoms with Gasteiger partial charge in [0.15, 0.2) is 0 Å². The third-order valence-corrected chi connectivity index (χ3v) is 3.64. The van der Waals surface area contributed by atoms with Crippen LogP contribution in [0, 0.1) is 0 Å². The van der Waals surface area contributed by atoms with Crippen molar-refractivity contribution < 1.29 is 4.79 Å². The van der Waals surface area contributed by atoms with Gasteiger partial charge in [-0.15, -0.1) is 0 Å². The fraction of sp³-hybridized carbons (Fsp3) is 0.100. The topological polar surface area (TPSA) is 46.9 Å². The van der Waals surface area contributed by atoms with Crippen LogP contribution in [0.25, 0.3) is 6.08 Å². The molecule has 0 spiro atoms. The van der Waals surface area contributed by atoms with Crippen molar-refractivity contribution in [2.75, 3.05) is 0 Å². The van der Waals surface area contributed by atoms with Crippen molar-refractivity contribution in [3.63, 3.8) is 0 Å². The van der Waals surface area contributed by atoms with Crippen molar-refractivity contribution in [3.05, 3.63) is 96.1 Å². The van der Waals surface area contributed by atoms with Crippen LogP contribution >= 0.6 is 0 Å². The fourth-order valence-electron chi connectivity index (χ4n) is 2.34. The van der Waals surface area contributed by atoms with Gasteiger partial charge in [-0.05, 0) is 22.8 Å². The Labute approximate surface area is 141 Å². The number of hydrogen-bond donors (Lipinski definition) is 1. The molecule has 24 heavy (non-hydrogen) atoms. The Kier molecular flexibility index (Phi) is 5.20. The Hall–Kier alpha value is -3.14. The summed E-state index contributed by atoms with van der Waals surface area (Å²) in [6.45, 7) is 1.32. The molecule has 4 heteroatoms. The highest BCUT2D eigenvalue weighted by atomic mass is 16.1. The first-order valence-electron chi connectivity index (χ1n) is 7.84. The standard InChI is InChI=1S/C20H19N3O/c24-20(11-10-17-4-2-1-3-5-17)22-14-18-6-8-19(9-7-18)15-23-13-12-21-16-23/h1-13,16H,14-15H2,(H,22,24)/b11-10+. The molecule has 0 saturated heterocycles. The summed E-state index contributed by atoms with van der Waals surface area (Å²) in [6, 6.07) is 18.0. The van der Waals surface area contributed by atoms with E-state index in [1.807, 2.05) is 59.3 Å². The largest absolute Gasteiger partial charge is 0.348 e. The van der Waals surface area contributed by atoms with E-state index in [1.165, 1.54) is 5.56 Å². The third kappa shape index (κ3) is 4.68. The first-order chi connectivity index (χ1) is 11.8. The zero-order valence-electron chi connectivity index (χ0n) is 13.3. The number of nitrogens with zero attached hydrogens (tertiary/aromatic N) is 2. The average molecular weight is 317 g/mol. The lowest BCUT2D eigenvalue weighted by molar-refractivity contribution is -0.116. The van der Waals surface area contributed by atoms with Crippen molar-refractivity contribution in [2.24, 2.45) is 0 Å². The van der Waals surface area contributed by atoms with E-state index in [9.17, 15) is 4.79 Å². The van der Waals surface area contributed by atoms with E-state index in [1.54, 1.807) is 18.6 Å². The SMILES string of the molecule is O=C(/C=C/c1ccccc1)NCc1ccc(Cn2ccnc2)cc1. The number of amides is 1. The van der Waals surface area contributed by atoms with Gasteiger partial charge in [0.2, 0.25) is 5.91 Å². The molecule has 0 fully saturated rings. The lowest BCUT2D eigenvalue weighted by atomic mass is 10.1. The van der Waals surface area contributed by atoms with Crippen molar-refractivity contribution in [2.45, 2.75) is 13.1 Å². The number of benzene rings is 2. The highest BCUT2D eigenvalue weighted by Gasteiger charge is 1.99. The van der Waals surface area contributed by atoms with E-state index in [-0.39, 0.29) is 5.91 Å². The zero-order valence-corrected chi connectivity index (χ0v) is 13.3. The average Bonchev–Trinajstić information content (AvgIpc) is 3.13. The van der Waals surface area contributed by atoms with Crippen LogP contribution in [0.5, 0.6) is 0 Å². The summed E-state index contributed by atoms with van der Waals surface area (Å²) in [5, 5.41) is 2.89. The first-order valence-corrected chi connectivity index (χ1v) is 7.84. The van der Waals surface area contributed by atoms with Crippen LogP contribution in [0.1, 0.15) is 16.7 Å². The van der Waals surface area contributed by atoms with Gasteiger partial charge < -0.3 is 9.88 Å². The van der Waals surface area contributed by atoms with Gasteiger partial charge in [-0.25, -0.2) is 4.98 Å². The molecule has 1 N–H and O–H groups in total. The lowest BCUT2D eigenvalue weighted by Gasteiger charge is -2.06. The van der Waals surface area contributed by atoms with E-state index >= 15 is 0 Å². The maximum Gasteiger partial charge on any atom is 0.244 e. The molecule has 3 aromatic rings. The predicted molar refractivity (Wildman–Crippen MR) is 95.1 cm³/mol. The zero-order chi connectivity index (χ0) is 16.6. The Morgan fingerprint density at radius 1 is 1.04 bits per heavy atom. The van der Waals surface area contributed by atoms with Crippen LogP contribution < -0.4 is 5.32 Å². The van der Waals surface area contributed by atoms with Crippen molar-refractivity contribution in [1.29, 1.82) is 0 Å². The summed E-state index contributed by atoms with van der Waals surface area (Å²) in [5.41, 5.74) is 3.29. The van der Waals surface area contributed by atoms with Gasteiger partial charge in [-0.2, -0.15) is 0 Å². The summed E-state index contributed by atoms with van der Waals surface area (Å²) in [6.07, 6.45) is 8.87. The number of rotatable bonds is 6. The molecule has 0 radical (unpaired) electrons. The monoisotopic (exact) mass is 317 g/mol. The number of carbonyl (C=O) groups excluding carboxylic acids is 1. The second-order valence-corrected chi connectivity index (χ2v) is 5.51. The van der Waals surface area contributed by atoms with Crippen LogP contribution in [-0.2, 0) is 17.9 Å². The Balaban J connectivity index is 1.49. The molecule has 4 nitrogen and oxygen atoms in total. The minimum Gasteiger partial charge on any atom is -0.348 e. The van der Waals surface area contributed by atoms with Gasteiger partial charge in [-0.3, -0.25) is 4.79 Å². The first kappa shape index (κ1) is 15.7. The number of nitrogens with one attached hydrogen (secondary N) is 1. The van der Waals surface area contributed by atoms with Gasteiger partial charge in [0.1, 0.15) is 0 Å². The van der Waals surface area contributed by atoms with E-state index in [4.69, 9.17) is 0 Å². The van der Waals surface area contributed by atoms with E-state index in [2.05, 4.69) is 22.4 Å². The van der Waals surface area contributed by atoms with Crippen LogP contribution in [0.4, 0.5) is 0 Å². The van der Waals surface area contributed by atoms with E-state index in [0.717, 1.165) is 17.7 Å². The molecule has 0 bridgehead atoms. The smallest absolute Gasteiger partial charge is 0.244 e. The molecular formula is C20H19N3O. The molecule has 1 amide bonds. The molecule has 2 aromatic carbocycles. The van der Waals surface area contributed by atoms with Gasteiger partial charge in [0.05, 0.1) is 6.33 Å². The number of carbonyl (C=O) groups is 1. The van der Waals surface area contributed by atoms with Crippen LogP contribution in [0.3, 0.4) is 0 Å². The molecule has 0 aliphatic rings. The number of imidazole rings is 1. The summed E-state index contributed by atoms with van der Waals surface area (Å²) < 4.78 is 2.02. The second-order valence-electron chi connectivity index (χ2n) is 5.51. The minimum absolute atomic E-state index is 0.0960. The molecule has 0 aliphatic carbocycles. The lowest BCUT2D eigenvalue weighted by Crippen LogP contribution is -2.20. The molecule has 3 rings (SSSR count). The molecular weight excluding hydrogens is 298 g/mol. The molecule has 0 aliphatic heterocycles. The van der Waals surface area contributed by atoms with Crippen LogP contribution in [0.15, 0.2) is 79.4 Å². The second kappa shape index (κ2) is 7.92. The van der Waals surface area contributed by atoms with Gasteiger partial charge in [0.25, 0.3) is 0 Å². The van der Waals surface area contributed by atoms with E-state index < -0.39 is 0 Å². The molecule has 0 saturated carbocycles. The highest BCUT2D eigenvalue weighted by molar-refractivity contribution is 5.91.